The highest BCUT2D eigenvalue weighted by molar-refractivity contribution is 5.32. The summed E-state index contributed by atoms with van der Waals surface area (Å²) in [7, 11) is 5.47. The lowest BCUT2D eigenvalue weighted by molar-refractivity contribution is 0.239. The van der Waals surface area contributed by atoms with E-state index < -0.39 is 0 Å². The van der Waals surface area contributed by atoms with Crippen LogP contribution in [-0.4, -0.2) is 47.1 Å². The minimum Gasteiger partial charge on any atom is -0.497 e. The Kier molecular flexibility index (Phi) is 4.80. The van der Waals surface area contributed by atoms with Crippen LogP contribution in [0, 0.1) is 0 Å². The van der Waals surface area contributed by atoms with E-state index in [1.54, 1.807) is 7.11 Å². The summed E-state index contributed by atoms with van der Waals surface area (Å²) in [5, 5.41) is 0. The molecule has 7 nitrogen and oxygen atoms in total. The van der Waals surface area contributed by atoms with Crippen LogP contribution in [0.2, 0.25) is 0 Å². The highest BCUT2D eigenvalue weighted by atomic mass is 16.5. The number of methoxy groups -OCH3 is 1. The minimum atomic E-state index is 0.267. The number of rotatable bonds is 7. The molecule has 0 aliphatic heterocycles. The van der Waals surface area contributed by atoms with Gasteiger partial charge in [-0.3, -0.25) is 4.90 Å². The van der Waals surface area contributed by atoms with Gasteiger partial charge in [-0.15, -0.1) is 0 Å². The van der Waals surface area contributed by atoms with E-state index in [1.165, 1.54) is 18.4 Å². The average molecular weight is 328 g/mol. The van der Waals surface area contributed by atoms with E-state index in [2.05, 4.69) is 32.0 Å². The van der Waals surface area contributed by atoms with Crippen LogP contribution in [0.5, 0.6) is 5.75 Å². The smallest absolute Gasteiger partial charge is 0.229 e. The third kappa shape index (κ3) is 4.11. The van der Waals surface area contributed by atoms with Crippen molar-refractivity contribution in [3.05, 3.63) is 35.7 Å². The van der Waals surface area contributed by atoms with Crippen molar-refractivity contribution >= 4 is 11.9 Å². The van der Waals surface area contributed by atoms with Crippen LogP contribution < -0.4 is 15.4 Å². The zero-order chi connectivity index (χ0) is 17.1. The first-order valence-electron chi connectivity index (χ1n) is 8.10. The fourth-order valence-corrected chi connectivity index (χ4v) is 2.60. The lowest BCUT2D eigenvalue weighted by Crippen LogP contribution is -2.27. The second-order valence-electron chi connectivity index (χ2n) is 6.29. The van der Waals surface area contributed by atoms with E-state index in [-0.39, 0.29) is 5.95 Å². The first-order valence-corrected chi connectivity index (χ1v) is 8.10. The SMILES string of the molecule is COc1ccc(CN(Cc2nc(N)nc(N(C)C)n2)C2CC2)cc1. The van der Waals surface area contributed by atoms with Crippen molar-refractivity contribution in [3.8, 4) is 5.75 Å². The summed E-state index contributed by atoms with van der Waals surface area (Å²) in [6.45, 7) is 1.53. The number of hydrogen-bond acceptors (Lipinski definition) is 7. The van der Waals surface area contributed by atoms with Gasteiger partial charge in [0.15, 0.2) is 0 Å². The quantitative estimate of drug-likeness (QED) is 0.828. The minimum absolute atomic E-state index is 0.267. The largest absolute Gasteiger partial charge is 0.497 e. The molecule has 1 fully saturated rings. The second kappa shape index (κ2) is 7.00. The summed E-state index contributed by atoms with van der Waals surface area (Å²) >= 11 is 0. The van der Waals surface area contributed by atoms with E-state index in [0.717, 1.165) is 12.3 Å². The van der Waals surface area contributed by atoms with Crippen LogP contribution >= 0.6 is 0 Å². The lowest BCUT2D eigenvalue weighted by Gasteiger charge is -2.22. The Bertz CT molecular complexity index is 684. The van der Waals surface area contributed by atoms with Crippen molar-refractivity contribution in [2.45, 2.75) is 32.0 Å². The number of benzene rings is 1. The third-order valence-corrected chi connectivity index (χ3v) is 4.04. The number of ether oxygens (including phenoxy) is 1. The number of nitrogens with two attached hydrogens (primary N) is 1. The summed E-state index contributed by atoms with van der Waals surface area (Å²) in [6, 6.07) is 8.77. The van der Waals surface area contributed by atoms with E-state index in [4.69, 9.17) is 10.5 Å². The standard InChI is InChI=1S/C17H24N6O/c1-22(2)17-20-15(19-16(18)21-17)11-23(13-6-7-13)10-12-4-8-14(24-3)9-5-12/h4-5,8-9,13H,6-7,10-11H2,1-3H3,(H2,18,19,20,21). The third-order valence-electron chi connectivity index (χ3n) is 4.04. The van der Waals surface area contributed by atoms with Crippen molar-refractivity contribution in [1.82, 2.24) is 19.9 Å². The molecule has 0 atom stereocenters. The Hall–Kier alpha value is -2.41. The Balaban J connectivity index is 1.74. The molecule has 0 spiro atoms. The van der Waals surface area contributed by atoms with Crippen LogP contribution in [0.25, 0.3) is 0 Å². The van der Waals surface area contributed by atoms with Gasteiger partial charge in [0.05, 0.1) is 13.7 Å². The average Bonchev–Trinajstić information content (AvgIpc) is 3.39. The molecule has 0 unspecified atom stereocenters. The Morgan fingerprint density at radius 1 is 1.08 bits per heavy atom. The van der Waals surface area contributed by atoms with Gasteiger partial charge in [0.25, 0.3) is 0 Å². The van der Waals surface area contributed by atoms with Gasteiger partial charge < -0.3 is 15.4 Å². The van der Waals surface area contributed by atoms with Gasteiger partial charge in [0, 0.05) is 26.7 Å². The molecule has 2 aromatic rings. The van der Waals surface area contributed by atoms with Crippen LogP contribution in [-0.2, 0) is 13.1 Å². The van der Waals surface area contributed by atoms with E-state index >= 15 is 0 Å². The molecular weight excluding hydrogens is 304 g/mol. The van der Waals surface area contributed by atoms with Crippen molar-refractivity contribution in [1.29, 1.82) is 0 Å². The fourth-order valence-electron chi connectivity index (χ4n) is 2.60. The van der Waals surface area contributed by atoms with Gasteiger partial charge in [-0.2, -0.15) is 15.0 Å². The molecule has 0 saturated heterocycles. The van der Waals surface area contributed by atoms with Crippen LogP contribution in [0.15, 0.2) is 24.3 Å². The molecule has 3 rings (SSSR count). The Labute approximate surface area is 142 Å². The van der Waals surface area contributed by atoms with Crippen LogP contribution in [0.3, 0.4) is 0 Å². The molecular formula is C17H24N6O. The van der Waals surface area contributed by atoms with Crippen LogP contribution in [0.1, 0.15) is 24.2 Å². The maximum Gasteiger partial charge on any atom is 0.229 e. The Morgan fingerprint density at radius 3 is 2.38 bits per heavy atom. The Morgan fingerprint density at radius 2 is 1.79 bits per heavy atom. The predicted molar refractivity (Wildman–Crippen MR) is 93.8 cm³/mol. The number of nitrogens with zero attached hydrogens (tertiary/aromatic N) is 5. The van der Waals surface area contributed by atoms with Gasteiger partial charge in [-0.25, -0.2) is 0 Å². The molecule has 1 aromatic carbocycles. The summed E-state index contributed by atoms with van der Waals surface area (Å²) in [5.41, 5.74) is 7.08. The first kappa shape index (κ1) is 16.4. The van der Waals surface area contributed by atoms with Crippen LogP contribution in [0.4, 0.5) is 11.9 Å². The summed E-state index contributed by atoms with van der Waals surface area (Å²) in [6.07, 6.45) is 2.44. The van der Waals surface area contributed by atoms with Crippen molar-refractivity contribution in [2.75, 3.05) is 31.8 Å². The number of hydrogen-bond donors (Lipinski definition) is 1. The predicted octanol–water partition coefficient (Wildman–Crippen LogP) is 1.69. The second-order valence-corrected chi connectivity index (χ2v) is 6.29. The first-order chi connectivity index (χ1) is 11.5. The molecule has 7 heteroatoms. The van der Waals surface area contributed by atoms with Crippen molar-refractivity contribution in [3.63, 3.8) is 0 Å². The van der Waals surface area contributed by atoms with E-state index in [0.29, 0.717) is 24.4 Å². The number of nitrogen functional groups attached to an aromatic ring is 1. The molecule has 1 aromatic heterocycles. The number of aromatic nitrogens is 3. The summed E-state index contributed by atoms with van der Waals surface area (Å²) in [4.78, 5) is 17.2. The molecule has 1 aliphatic rings. The summed E-state index contributed by atoms with van der Waals surface area (Å²) in [5.74, 6) is 2.45. The molecule has 0 radical (unpaired) electrons. The molecule has 2 N–H and O–H groups in total. The van der Waals surface area contributed by atoms with Gasteiger partial charge in [0.2, 0.25) is 11.9 Å². The molecule has 0 bridgehead atoms. The lowest BCUT2D eigenvalue weighted by atomic mass is 10.2. The number of anilines is 2. The maximum absolute atomic E-state index is 5.83. The molecule has 1 saturated carbocycles. The molecule has 1 aliphatic carbocycles. The maximum atomic E-state index is 5.83. The van der Waals surface area contributed by atoms with Crippen molar-refractivity contribution in [2.24, 2.45) is 0 Å². The molecule has 1 heterocycles. The molecule has 128 valence electrons. The van der Waals surface area contributed by atoms with Gasteiger partial charge in [-0.1, -0.05) is 12.1 Å². The fraction of sp³-hybridized carbons (Fsp3) is 0.471. The van der Waals surface area contributed by atoms with E-state index in [1.807, 2.05) is 31.1 Å². The topological polar surface area (TPSA) is 80.4 Å². The van der Waals surface area contributed by atoms with Gasteiger partial charge in [0.1, 0.15) is 11.6 Å². The molecule has 24 heavy (non-hydrogen) atoms. The van der Waals surface area contributed by atoms with Gasteiger partial charge >= 0.3 is 0 Å². The zero-order valence-corrected chi connectivity index (χ0v) is 14.4. The molecule has 0 amide bonds. The zero-order valence-electron chi connectivity index (χ0n) is 14.4. The van der Waals surface area contributed by atoms with Gasteiger partial charge in [-0.05, 0) is 30.5 Å². The highest BCUT2D eigenvalue weighted by Crippen LogP contribution is 2.29. The monoisotopic (exact) mass is 328 g/mol. The normalized spacial score (nSPS) is 14.0. The van der Waals surface area contributed by atoms with Crippen molar-refractivity contribution < 1.29 is 4.74 Å². The summed E-state index contributed by atoms with van der Waals surface area (Å²) < 4.78 is 5.22. The highest BCUT2D eigenvalue weighted by Gasteiger charge is 2.29. The van der Waals surface area contributed by atoms with E-state index in [9.17, 15) is 0 Å².